The smallest absolute Gasteiger partial charge is 0.350 e. The summed E-state index contributed by atoms with van der Waals surface area (Å²) in [6.07, 6.45) is 3.67. The molecule has 1 N–H and O–H groups in total. The van der Waals surface area contributed by atoms with E-state index < -0.39 is 0 Å². The highest BCUT2D eigenvalue weighted by Crippen LogP contribution is 2.26. The van der Waals surface area contributed by atoms with Crippen molar-refractivity contribution in [2.75, 3.05) is 55.1 Å². The fourth-order valence-corrected chi connectivity index (χ4v) is 4.56. The lowest BCUT2D eigenvalue weighted by Gasteiger charge is -2.29. The van der Waals surface area contributed by atoms with Gasteiger partial charge in [0.15, 0.2) is 5.13 Å². The van der Waals surface area contributed by atoms with E-state index in [2.05, 4.69) is 50.3 Å². The number of carbonyl (C=O) groups excluding carboxylic acids is 1. The van der Waals surface area contributed by atoms with E-state index in [-0.39, 0.29) is 5.97 Å². The topological polar surface area (TPSA) is 92.7 Å². The molecule has 0 unspecified atom stereocenters. The summed E-state index contributed by atoms with van der Waals surface area (Å²) in [6.45, 7) is 8.18. The second-order valence-electron chi connectivity index (χ2n) is 8.00. The monoisotopic (exact) mass is 482 g/mol. The van der Waals surface area contributed by atoms with Gasteiger partial charge in [-0.3, -0.25) is 4.98 Å². The highest BCUT2D eigenvalue weighted by atomic mass is 32.1. The van der Waals surface area contributed by atoms with Crippen LogP contribution in [-0.4, -0.2) is 60.9 Å². The van der Waals surface area contributed by atoms with E-state index in [1.807, 2.05) is 19.2 Å². The van der Waals surface area contributed by atoms with E-state index >= 15 is 0 Å². The molecule has 10 heteroatoms. The van der Waals surface area contributed by atoms with Gasteiger partial charge in [-0.2, -0.15) is 0 Å². The summed E-state index contributed by atoms with van der Waals surface area (Å²) in [6, 6.07) is 8.23. The van der Waals surface area contributed by atoms with Gasteiger partial charge in [-0.1, -0.05) is 17.4 Å². The number of ether oxygens (including phenoxy) is 2. The zero-order valence-corrected chi connectivity index (χ0v) is 20.6. The Kier molecular flexibility index (Phi) is 7.91. The number of rotatable bonds is 9. The van der Waals surface area contributed by atoms with Crippen LogP contribution in [0.3, 0.4) is 0 Å². The molecule has 180 valence electrons. The molecule has 9 nitrogen and oxygen atoms in total. The van der Waals surface area contributed by atoms with Crippen molar-refractivity contribution in [3.8, 4) is 0 Å². The van der Waals surface area contributed by atoms with Crippen LogP contribution in [0.2, 0.25) is 0 Å². The first-order valence-corrected chi connectivity index (χ1v) is 12.2. The lowest BCUT2D eigenvalue weighted by atomic mass is 10.2. The van der Waals surface area contributed by atoms with Crippen LogP contribution in [-0.2, 0) is 22.6 Å². The van der Waals surface area contributed by atoms with Crippen molar-refractivity contribution in [2.45, 2.75) is 26.9 Å². The van der Waals surface area contributed by atoms with E-state index in [0.717, 1.165) is 42.4 Å². The summed E-state index contributed by atoms with van der Waals surface area (Å²) in [5.41, 5.74) is 3.76. The minimum Gasteiger partial charge on any atom is -0.462 e. The standard InChI is InChI=1S/C24H30N6O3S/c1-4-33-23(31)22-17(2)27-24(34-22)26-15-19-12-20(29(3)16-18-6-5-7-25-14-18)13-21(28-19)30-8-10-32-11-9-30/h5-7,12-14H,4,8-11,15-16H2,1-3H3,(H,26,27). The Hall–Kier alpha value is -3.24. The number of thiazole rings is 1. The molecule has 1 saturated heterocycles. The highest BCUT2D eigenvalue weighted by Gasteiger charge is 2.18. The largest absolute Gasteiger partial charge is 0.462 e. The van der Waals surface area contributed by atoms with Crippen LogP contribution in [0.5, 0.6) is 0 Å². The number of aromatic nitrogens is 3. The lowest BCUT2D eigenvalue weighted by molar-refractivity contribution is 0.0531. The predicted molar refractivity (Wildman–Crippen MR) is 134 cm³/mol. The summed E-state index contributed by atoms with van der Waals surface area (Å²) in [7, 11) is 2.07. The summed E-state index contributed by atoms with van der Waals surface area (Å²) in [4.78, 5) is 30.7. The Labute approximate surface area is 203 Å². The molecular formula is C24H30N6O3S. The number of nitrogens with one attached hydrogen (secondary N) is 1. The van der Waals surface area contributed by atoms with Gasteiger partial charge in [0.05, 0.1) is 37.8 Å². The van der Waals surface area contributed by atoms with E-state index in [9.17, 15) is 4.79 Å². The molecule has 0 amide bonds. The van der Waals surface area contributed by atoms with E-state index in [1.54, 1.807) is 13.1 Å². The van der Waals surface area contributed by atoms with Crippen LogP contribution < -0.4 is 15.1 Å². The third-order valence-corrected chi connectivity index (χ3v) is 6.54. The zero-order valence-electron chi connectivity index (χ0n) is 19.8. The first-order valence-electron chi connectivity index (χ1n) is 11.4. The summed E-state index contributed by atoms with van der Waals surface area (Å²) in [5.74, 6) is 0.593. The molecule has 0 saturated carbocycles. The molecule has 1 aliphatic heterocycles. The third-order valence-electron chi connectivity index (χ3n) is 5.45. The summed E-state index contributed by atoms with van der Waals surface area (Å²) >= 11 is 1.30. The number of pyridine rings is 2. The molecule has 1 fully saturated rings. The molecule has 0 bridgehead atoms. The number of carbonyl (C=O) groups is 1. The van der Waals surface area contributed by atoms with Crippen LogP contribution >= 0.6 is 11.3 Å². The Morgan fingerprint density at radius 1 is 1.29 bits per heavy atom. The zero-order chi connectivity index (χ0) is 23.9. The van der Waals surface area contributed by atoms with Gasteiger partial charge in [0.25, 0.3) is 0 Å². The minimum atomic E-state index is -0.336. The van der Waals surface area contributed by atoms with E-state index in [1.165, 1.54) is 11.3 Å². The molecule has 0 radical (unpaired) electrons. The average molecular weight is 483 g/mol. The highest BCUT2D eigenvalue weighted by molar-refractivity contribution is 7.17. The predicted octanol–water partition coefficient (Wildman–Crippen LogP) is 3.50. The van der Waals surface area contributed by atoms with Gasteiger partial charge in [0.1, 0.15) is 10.7 Å². The van der Waals surface area contributed by atoms with Gasteiger partial charge in [0.2, 0.25) is 0 Å². The minimum absolute atomic E-state index is 0.336. The fourth-order valence-electron chi connectivity index (χ4n) is 3.70. The molecule has 0 aliphatic carbocycles. The average Bonchev–Trinajstić information content (AvgIpc) is 3.24. The van der Waals surface area contributed by atoms with Crippen molar-refractivity contribution in [1.29, 1.82) is 0 Å². The Balaban J connectivity index is 1.54. The first kappa shape index (κ1) is 23.9. The second-order valence-corrected chi connectivity index (χ2v) is 9.00. The number of hydrogen-bond acceptors (Lipinski definition) is 10. The van der Waals surface area contributed by atoms with Crippen molar-refractivity contribution in [3.05, 3.63) is 58.5 Å². The van der Waals surface area contributed by atoms with Gasteiger partial charge in [0, 0.05) is 50.8 Å². The third kappa shape index (κ3) is 6.00. The van der Waals surface area contributed by atoms with Crippen LogP contribution in [0.1, 0.15) is 33.5 Å². The molecule has 3 aromatic rings. The van der Waals surface area contributed by atoms with Crippen LogP contribution in [0, 0.1) is 6.92 Å². The van der Waals surface area contributed by atoms with Crippen LogP contribution in [0.25, 0.3) is 0 Å². The van der Waals surface area contributed by atoms with Crippen molar-refractivity contribution in [3.63, 3.8) is 0 Å². The number of esters is 1. The normalized spacial score (nSPS) is 13.6. The number of morpholine rings is 1. The number of hydrogen-bond donors (Lipinski definition) is 1. The second kappa shape index (κ2) is 11.3. The SMILES string of the molecule is CCOC(=O)c1sc(NCc2cc(N(C)Cc3cccnc3)cc(N3CCOCC3)n2)nc1C. The van der Waals surface area contributed by atoms with Crippen molar-refractivity contribution in [2.24, 2.45) is 0 Å². The Morgan fingerprint density at radius 2 is 2.12 bits per heavy atom. The molecular weight excluding hydrogens is 452 g/mol. The molecule has 0 aromatic carbocycles. The number of anilines is 3. The maximum Gasteiger partial charge on any atom is 0.350 e. The van der Waals surface area contributed by atoms with E-state index in [0.29, 0.717) is 42.1 Å². The molecule has 1 aliphatic rings. The van der Waals surface area contributed by atoms with E-state index in [4.69, 9.17) is 14.5 Å². The molecule has 3 aromatic heterocycles. The molecule has 4 rings (SSSR count). The van der Waals surface area contributed by atoms with Gasteiger partial charge in [-0.05, 0) is 31.5 Å². The molecule has 4 heterocycles. The van der Waals surface area contributed by atoms with Crippen LogP contribution in [0.15, 0.2) is 36.7 Å². The Bertz CT molecular complexity index is 1100. The summed E-state index contributed by atoms with van der Waals surface area (Å²) in [5, 5.41) is 4.00. The first-order chi connectivity index (χ1) is 16.5. The Morgan fingerprint density at radius 3 is 2.85 bits per heavy atom. The maximum atomic E-state index is 12.1. The number of aryl methyl sites for hydroxylation is 1. The van der Waals surface area contributed by atoms with Gasteiger partial charge in [-0.25, -0.2) is 14.8 Å². The van der Waals surface area contributed by atoms with Gasteiger partial charge < -0.3 is 24.6 Å². The summed E-state index contributed by atoms with van der Waals surface area (Å²) < 4.78 is 10.6. The van der Waals surface area contributed by atoms with Crippen molar-refractivity contribution in [1.82, 2.24) is 15.0 Å². The maximum absolute atomic E-state index is 12.1. The quantitative estimate of drug-likeness (QED) is 0.460. The van der Waals surface area contributed by atoms with Crippen molar-refractivity contribution < 1.29 is 14.3 Å². The van der Waals surface area contributed by atoms with Gasteiger partial charge >= 0.3 is 5.97 Å². The van der Waals surface area contributed by atoms with Gasteiger partial charge in [-0.15, -0.1) is 0 Å². The van der Waals surface area contributed by atoms with Crippen LogP contribution in [0.4, 0.5) is 16.6 Å². The number of nitrogens with zero attached hydrogens (tertiary/aromatic N) is 5. The fraction of sp³-hybridized carbons (Fsp3) is 0.417. The molecule has 0 spiro atoms. The molecule has 0 atom stereocenters. The lowest BCUT2D eigenvalue weighted by Crippen LogP contribution is -2.37. The molecule has 34 heavy (non-hydrogen) atoms. The van der Waals surface area contributed by atoms with Crippen molar-refractivity contribution >= 4 is 33.9 Å².